The number of hydrogen-bond donors (Lipinski definition) is 2. The Labute approximate surface area is 212 Å². The van der Waals surface area contributed by atoms with Crippen molar-refractivity contribution in [2.24, 2.45) is 4.99 Å². The van der Waals surface area contributed by atoms with Crippen molar-refractivity contribution in [1.82, 2.24) is 30.3 Å². The van der Waals surface area contributed by atoms with E-state index in [9.17, 15) is 0 Å². The van der Waals surface area contributed by atoms with Crippen LogP contribution < -0.4 is 10.6 Å². The second-order valence-electron chi connectivity index (χ2n) is 7.04. The monoisotopic (exact) mass is 567 g/mol. The van der Waals surface area contributed by atoms with Crippen molar-refractivity contribution in [2.45, 2.75) is 26.4 Å². The first-order valence-corrected chi connectivity index (χ1v) is 10.9. The van der Waals surface area contributed by atoms with Gasteiger partial charge >= 0.3 is 0 Å². The van der Waals surface area contributed by atoms with E-state index in [1.807, 2.05) is 42.6 Å². The maximum atomic E-state index is 6.51. The quantitative estimate of drug-likeness (QED) is 0.229. The van der Waals surface area contributed by atoms with Crippen LogP contribution in [0.15, 0.2) is 66.0 Å². The molecule has 0 aliphatic rings. The topological polar surface area (TPSA) is 70.4 Å². The molecule has 0 amide bonds. The van der Waals surface area contributed by atoms with Crippen LogP contribution in [0.4, 0.5) is 0 Å². The normalized spacial score (nSPS) is 12.3. The van der Waals surface area contributed by atoms with E-state index < -0.39 is 0 Å². The van der Waals surface area contributed by atoms with Gasteiger partial charge in [0.25, 0.3) is 0 Å². The molecule has 0 saturated heterocycles. The second-order valence-corrected chi connectivity index (χ2v) is 7.45. The maximum Gasteiger partial charge on any atom is 0.191 e. The molecule has 0 aliphatic carbocycles. The maximum absolute atomic E-state index is 6.51. The third-order valence-corrected chi connectivity index (χ3v) is 5.56. The summed E-state index contributed by atoms with van der Waals surface area (Å²) in [4.78, 5) is 11.2. The van der Waals surface area contributed by atoms with Crippen LogP contribution in [0.2, 0.25) is 5.02 Å². The molecule has 1 atom stereocenters. The molecule has 2 N–H and O–H groups in total. The number of pyridine rings is 1. The summed E-state index contributed by atoms with van der Waals surface area (Å²) >= 11 is 6.51. The molecule has 7 nitrogen and oxygen atoms in total. The Balaban J connectivity index is 0.00000363. The van der Waals surface area contributed by atoms with Crippen LogP contribution in [0.5, 0.6) is 0 Å². The average molecular weight is 568 g/mol. The summed E-state index contributed by atoms with van der Waals surface area (Å²) in [5.74, 6) is 1.52. The smallest absolute Gasteiger partial charge is 0.191 e. The van der Waals surface area contributed by atoms with E-state index in [4.69, 9.17) is 11.6 Å². The van der Waals surface area contributed by atoms with Crippen molar-refractivity contribution >= 4 is 41.5 Å². The average Bonchev–Trinajstić information content (AvgIpc) is 3.34. The molecule has 0 saturated carbocycles. The zero-order valence-corrected chi connectivity index (χ0v) is 21.8. The predicted molar refractivity (Wildman–Crippen MR) is 142 cm³/mol. The van der Waals surface area contributed by atoms with E-state index in [2.05, 4.69) is 50.5 Å². The number of aromatic nitrogens is 3. The van der Waals surface area contributed by atoms with Gasteiger partial charge in [0.1, 0.15) is 0 Å². The summed E-state index contributed by atoms with van der Waals surface area (Å²) < 4.78 is 1.74. The molecule has 0 radical (unpaired) electrons. The zero-order valence-electron chi connectivity index (χ0n) is 18.7. The molecule has 3 rings (SSSR count). The number of rotatable bonds is 9. The molecule has 172 valence electrons. The van der Waals surface area contributed by atoms with Crippen LogP contribution in [0.1, 0.15) is 31.0 Å². The summed E-state index contributed by atoms with van der Waals surface area (Å²) in [5.41, 5.74) is 2.21. The van der Waals surface area contributed by atoms with Gasteiger partial charge in [-0.2, -0.15) is 5.10 Å². The first-order chi connectivity index (χ1) is 15.2. The van der Waals surface area contributed by atoms with Crippen molar-refractivity contribution in [2.75, 3.05) is 26.7 Å². The fourth-order valence-electron chi connectivity index (χ4n) is 3.55. The van der Waals surface area contributed by atoms with Crippen LogP contribution >= 0.6 is 35.6 Å². The van der Waals surface area contributed by atoms with Crippen LogP contribution in [-0.2, 0) is 6.54 Å². The van der Waals surface area contributed by atoms with Gasteiger partial charge in [-0.25, -0.2) is 9.67 Å². The lowest BCUT2D eigenvalue weighted by Gasteiger charge is -2.31. The molecule has 1 aromatic carbocycles. The molecule has 1 unspecified atom stereocenters. The number of nitrogens with one attached hydrogen (secondary N) is 2. The Morgan fingerprint density at radius 1 is 1.12 bits per heavy atom. The highest BCUT2D eigenvalue weighted by Crippen LogP contribution is 2.26. The van der Waals surface area contributed by atoms with Gasteiger partial charge in [0.2, 0.25) is 0 Å². The molecule has 9 heteroatoms. The molecule has 0 fully saturated rings. The lowest BCUT2D eigenvalue weighted by atomic mass is 10.0. The minimum Gasteiger partial charge on any atom is -0.354 e. The Hall–Kier alpha value is -2.17. The summed E-state index contributed by atoms with van der Waals surface area (Å²) in [7, 11) is 1.78. The first-order valence-electron chi connectivity index (χ1n) is 10.5. The fraction of sp³-hybridized carbons (Fsp3) is 0.348. The van der Waals surface area contributed by atoms with Crippen LogP contribution in [0, 0.1) is 0 Å². The molecule has 2 aromatic heterocycles. The number of likely N-dealkylation sites (N-methyl/N-ethyl adjacent to an activating group) is 1. The van der Waals surface area contributed by atoms with Crippen molar-refractivity contribution < 1.29 is 0 Å². The van der Waals surface area contributed by atoms with Gasteiger partial charge in [-0.15, -0.1) is 24.0 Å². The number of benzene rings is 1. The highest BCUT2D eigenvalue weighted by Gasteiger charge is 2.20. The minimum absolute atomic E-state index is 0. The SMILES string of the molecule is CCN(CC)C(CNC(=NC)NCc1ccnc(-n2cccn2)c1)c1ccccc1Cl.I. The van der Waals surface area contributed by atoms with Gasteiger partial charge in [0, 0.05) is 43.8 Å². The highest BCUT2D eigenvalue weighted by molar-refractivity contribution is 14.0. The molecule has 2 heterocycles. The fourth-order valence-corrected chi connectivity index (χ4v) is 3.81. The Kier molecular flexibility index (Phi) is 10.9. The van der Waals surface area contributed by atoms with E-state index in [0.717, 1.165) is 41.0 Å². The van der Waals surface area contributed by atoms with Crippen LogP contribution in [0.25, 0.3) is 5.82 Å². The van der Waals surface area contributed by atoms with Gasteiger partial charge in [-0.3, -0.25) is 9.89 Å². The molecule has 3 aromatic rings. The molecule has 0 bridgehead atoms. The Bertz CT molecular complexity index is 974. The van der Waals surface area contributed by atoms with Gasteiger partial charge in [-0.05, 0) is 48.5 Å². The Morgan fingerprint density at radius 2 is 1.91 bits per heavy atom. The largest absolute Gasteiger partial charge is 0.354 e. The minimum atomic E-state index is 0. The van der Waals surface area contributed by atoms with E-state index in [1.54, 1.807) is 24.1 Å². The van der Waals surface area contributed by atoms with E-state index in [0.29, 0.717) is 13.1 Å². The van der Waals surface area contributed by atoms with Crippen LogP contribution in [-0.4, -0.2) is 52.3 Å². The van der Waals surface area contributed by atoms with Crippen molar-refractivity contribution in [1.29, 1.82) is 0 Å². The predicted octanol–water partition coefficient (Wildman–Crippen LogP) is 4.29. The lowest BCUT2D eigenvalue weighted by molar-refractivity contribution is 0.219. The molecular formula is C23H31ClIN7. The molecular weight excluding hydrogens is 537 g/mol. The molecule has 0 spiro atoms. The number of guanidine groups is 1. The van der Waals surface area contributed by atoms with E-state index >= 15 is 0 Å². The van der Waals surface area contributed by atoms with E-state index in [1.165, 1.54) is 0 Å². The Morgan fingerprint density at radius 3 is 2.56 bits per heavy atom. The summed E-state index contributed by atoms with van der Waals surface area (Å²) in [5, 5.41) is 11.9. The highest BCUT2D eigenvalue weighted by atomic mass is 127. The van der Waals surface area contributed by atoms with Crippen molar-refractivity contribution in [3.05, 3.63) is 77.2 Å². The number of hydrogen-bond acceptors (Lipinski definition) is 4. The lowest BCUT2D eigenvalue weighted by Crippen LogP contribution is -2.43. The van der Waals surface area contributed by atoms with Gasteiger partial charge < -0.3 is 10.6 Å². The van der Waals surface area contributed by atoms with Gasteiger partial charge in [0.15, 0.2) is 11.8 Å². The third kappa shape index (κ3) is 6.91. The first kappa shape index (κ1) is 26.1. The zero-order chi connectivity index (χ0) is 22.1. The summed E-state index contributed by atoms with van der Waals surface area (Å²) in [6.45, 7) is 7.53. The number of aliphatic imine (C=N–C) groups is 1. The standard InChI is InChI=1S/C23H30ClN7.HI/c1-4-30(5-2)21(19-9-6-7-10-20(19)24)17-28-23(25-3)27-16-18-11-13-26-22(15-18)31-14-8-12-29-31;/h6-15,21H,4-5,16-17H2,1-3H3,(H2,25,27,28);1H. The summed E-state index contributed by atoms with van der Waals surface area (Å²) in [6, 6.07) is 14.1. The summed E-state index contributed by atoms with van der Waals surface area (Å²) in [6.07, 6.45) is 5.41. The second kappa shape index (κ2) is 13.4. The van der Waals surface area contributed by atoms with Gasteiger partial charge in [-0.1, -0.05) is 43.6 Å². The van der Waals surface area contributed by atoms with Crippen LogP contribution in [0.3, 0.4) is 0 Å². The number of nitrogens with zero attached hydrogens (tertiary/aromatic N) is 5. The molecule has 32 heavy (non-hydrogen) atoms. The molecule has 0 aliphatic heterocycles. The van der Waals surface area contributed by atoms with Crippen molar-refractivity contribution in [3.63, 3.8) is 0 Å². The third-order valence-electron chi connectivity index (χ3n) is 5.21. The number of halogens is 2. The van der Waals surface area contributed by atoms with E-state index in [-0.39, 0.29) is 30.0 Å². The van der Waals surface area contributed by atoms with Gasteiger partial charge in [0.05, 0.1) is 6.04 Å². The van der Waals surface area contributed by atoms with Crippen molar-refractivity contribution in [3.8, 4) is 5.82 Å².